The first kappa shape index (κ1) is 25.5. The summed E-state index contributed by atoms with van der Waals surface area (Å²) in [5, 5.41) is 2.34. The number of hydrogen-bond acceptors (Lipinski definition) is 7. The third-order valence-electron chi connectivity index (χ3n) is 6.63. The molecule has 192 valence electrons. The Morgan fingerprint density at radius 3 is 2.81 bits per heavy atom. The highest BCUT2D eigenvalue weighted by atomic mass is 16.5. The van der Waals surface area contributed by atoms with Crippen molar-refractivity contribution in [1.29, 1.82) is 0 Å². The van der Waals surface area contributed by atoms with Crippen LogP contribution in [0.25, 0.3) is 0 Å². The van der Waals surface area contributed by atoms with Gasteiger partial charge in [-0.25, -0.2) is 0 Å². The van der Waals surface area contributed by atoms with Gasteiger partial charge in [0.15, 0.2) is 0 Å². The fourth-order valence-electron chi connectivity index (χ4n) is 4.64. The van der Waals surface area contributed by atoms with Crippen LogP contribution < -0.4 is 10.1 Å². The van der Waals surface area contributed by atoms with E-state index in [4.69, 9.17) is 14.2 Å². The second kappa shape index (κ2) is 11.9. The van der Waals surface area contributed by atoms with Gasteiger partial charge in [0.05, 0.1) is 33.1 Å². The Balaban J connectivity index is 1.33. The summed E-state index contributed by atoms with van der Waals surface area (Å²) in [5.41, 5.74) is 2.56. The standard InChI is InChI=1S/C27H33N3O6/c1-34-14-12-29(13-15-35-2)16-19-6-8-20(9-7-19)18-36-24-5-3-4-21-22(24)17-30(27(21)33)23-10-11-25(31)28-26(23)32/h3-8,12,14,20,23H,9-11,13,15-18H2,1-2H3,(H,28,31,32)/b14-12+. The summed E-state index contributed by atoms with van der Waals surface area (Å²) in [7, 11) is 3.31. The number of amides is 3. The molecule has 1 aromatic carbocycles. The first-order chi connectivity index (χ1) is 17.5. The molecule has 1 fully saturated rings. The van der Waals surface area contributed by atoms with E-state index in [0.717, 1.165) is 25.1 Å². The number of benzene rings is 1. The molecule has 4 rings (SSSR count). The number of nitrogens with zero attached hydrogens (tertiary/aromatic N) is 2. The monoisotopic (exact) mass is 495 g/mol. The molecule has 9 nitrogen and oxygen atoms in total. The number of piperidine rings is 1. The molecule has 0 spiro atoms. The number of nitrogens with one attached hydrogen (secondary N) is 1. The molecule has 36 heavy (non-hydrogen) atoms. The largest absolute Gasteiger partial charge is 0.503 e. The number of fused-ring (bicyclic) bond motifs is 1. The average molecular weight is 496 g/mol. The Morgan fingerprint density at radius 1 is 1.22 bits per heavy atom. The maximum Gasteiger partial charge on any atom is 0.255 e. The zero-order valence-electron chi connectivity index (χ0n) is 20.8. The second-order valence-corrected chi connectivity index (χ2v) is 9.11. The lowest BCUT2D eigenvalue weighted by molar-refractivity contribution is -0.136. The zero-order chi connectivity index (χ0) is 25.5. The van der Waals surface area contributed by atoms with Crippen LogP contribution in [0.4, 0.5) is 0 Å². The second-order valence-electron chi connectivity index (χ2n) is 9.11. The fraction of sp³-hybridized carbons (Fsp3) is 0.444. The Labute approximate surface area is 211 Å². The molecule has 2 unspecified atom stereocenters. The summed E-state index contributed by atoms with van der Waals surface area (Å²) in [6.45, 7) is 2.94. The predicted octanol–water partition coefficient (Wildman–Crippen LogP) is 2.39. The molecule has 1 N–H and O–H groups in total. The van der Waals surface area contributed by atoms with Crippen molar-refractivity contribution in [3.63, 3.8) is 0 Å². The predicted molar refractivity (Wildman–Crippen MR) is 133 cm³/mol. The van der Waals surface area contributed by atoms with E-state index in [1.54, 1.807) is 37.5 Å². The first-order valence-corrected chi connectivity index (χ1v) is 12.2. The molecule has 3 aliphatic rings. The van der Waals surface area contributed by atoms with E-state index < -0.39 is 11.9 Å². The summed E-state index contributed by atoms with van der Waals surface area (Å²) in [6.07, 6.45) is 11.5. The van der Waals surface area contributed by atoms with Crippen LogP contribution in [0.15, 0.2) is 54.5 Å². The van der Waals surface area contributed by atoms with Crippen molar-refractivity contribution in [2.45, 2.75) is 31.8 Å². The minimum atomic E-state index is -0.637. The van der Waals surface area contributed by atoms with E-state index in [2.05, 4.69) is 28.4 Å². The van der Waals surface area contributed by atoms with Crippen LogP contribution in [0.3, 0.4) is 0 Å². The molecule has 9 heteroatoms. The van der Waals surface area contributed by atoms with Crippen LogP contribution in [-0.2, 0) is 25.6 Å². The van der Waals surface area contributed by atoms with E-state index in [-0.39, 0.29) is 24.2 Å². The summed E-state index contributed by atoms with van der Waals surface area (Å²) >= 11 is 0. The number of carbonyl (C=O) groups is 3. The Kier molecular flexibility index (Phi) is 8.43. The van der Waals surface area contributed by atoms with Crippen LogP contribution in [0.2, 0.25) is 0 Å². The molecule has 2 heterocycles. The van der Waals surface area contributed by atoms with E-state index in [1.165, 1.54) is 5.57 Å². The van der Waals surface area contributed by atoms with Crippen LogP contribution in [-0.4, -0.2) is 74.1 Å². The van der Waals surface area contributed by atoms with Crippen LogP contribution >= 0.6 is 0 Å². The molecular formula is C27H33N3O6. The summed E-state index contributed by atoms with van der Waals surface area (Å²) in [4.78, 5) is 40.5. The smallest absolute Gasteiger partial charge is 0.255 e. The lowest BCUT2D eigenvalue weighted by atomic mass is 9.97. The highest BCUT2D eigenvalue weighted by Crippen LogP contribution is 2.34. The lowest BCUT2D eigenvalue weighted by Crippen LogP contribution is -2.52. The van der Waals surface area contributed by atoms with Gasteiger partial charge < -0.3 is 24.0 Å². The lowest BCUT2D eigenvalue weighted by Gasteiger charge is -2.29. The van der Waals surface area contributed by atoms with Gasteiger partial charge in [-0.2, -0.15) is 0 Å². The molecule has 2 atom stereocenters. The maximum absolute atomic E-state index is 13.0. The summed E-state index contributed by atoms with van der Waals surface area (Å²) in [5.74, 6) is -0.0283. The molecule has 0 saturated carbocycles. The van der Waals surface area contributed by atoms with Gasteiger partial charge in [0.2, 0.25) is 11.8 Å². The first-order valence-electron chi connectivity index (χ1n) is 12.2. The SMILES string of the molecule is CO/C=C/N(CCOC)CC1=CCC(COc2cccc3c2CN(C2CCC(=O)NC2=O)C3=O)C=C1. The van der Waals surface area contributed by atoms with Gasteiger partial charge in [0.1, 0.15) is 11.8 Å². The topological polar surface area (TPSA) is 97.4 Å². The molecule has 1 aromatic rings. The Morgan fingerprint density at radius 2 is 2.08 bits per heavy atom. The fourth-order valence-corrected chi connectivity index (χ4v) is 4.64. The van der Waals surface area contributed by atoms with Crippen molar-refractivity contribution < 1.29 is 28.6 Å². The van der Waals surface area contributed by atoms with Crippen molar-refractivity contribution in [2.24, 2.45) is 5.92 Å². The van der Waals surface area contributed by atoms with Crippen LogP contribution in [0.5, 0.6) is 5.75 Å². The zero-order valence-corrected chi connectivity index (χ0v) is 20.8. The molecule has 1 saturated heterocycles. The Hall–Kier alpha value is -3.59. The van der Waals surface area contributed by atoms with Gasteiger partial charge in [-0.1, -0.05) is 24.3 Å². The van der Waals surface area contributed by atoms with Crippen LogP contribution in [0.1, 0.15) is 35.2 Å². The normalized spacial score (nSPS) is 21.4. The minimum Gasteiger partial charge on any atom is -0.503 e. The third-order valence-corrected chi connectivity index (χ3v) is 6.63. The number of imide groups is 1. The van der Waals surface area contributed by atoms with Gasteiger partial charge in [0, 0.05) is 49.9 Å². The van der Waals surface area contributed by atoms with Gasteiger partial charge in [-0.15, -0.1) is 0 Å². The van der Waals surface area contributed by atoms with E-state index in [0.29, 0.717) is 37.5 Å². The number of rotatable bonds is 11. The van der Waals surface area contributed by atoms with Crippen molar-refractivity contribution in [2.75, 3.05) is 40.5 Å². The number of allylic oxidation sites excluding steroid dienone is 1. The Bertz CT molecular complexity index is 1080. The van der Waals surface area contributed by atoms with E-state index in [9.17, 15) is 14.4 Å². The van der Waals surface area contributed by atoms with Crippen molar-refractivity contribution >= 4 is 17.7 Å². The van der Waals surface area contributed by atoms with Gasteiger partial charge >= 0.3 is 0 Å². The average Bonchev–Trinajstić information content (AvgIpc) is 3.22. The van der Waals surface area contributed by atoms with Crippen molar-refractivity contribution in [1.82, 2.24) is 15.1 Å². The molecular weight excluding hydrogens is 462 g/mol. The van der Waals surface area contributed by atoms with Crippen LogP contribution in [0, 0.1) is 5.92 Å². The van der Waals surface area contributed by atoms with E-state index in [1.807, 2.05) is 12.3 Å². The maximum atomic E-state index is 13.0. The van der Waals surface area contributed by atoms with Crippen molar-refractivity contribution in [3.05, 3.63) is 65.6 Å². The third kappa shape index (κ3) is 5.96. The molecule has 0 aromatic heterocycles. The summed E-state index contributed by atoms with van der Waals surface area (Å²) < 4.78 is 16.4. The van der Waals surface area contributed by atoms with Gasteiger partial charge in [-0.05, 0) is 30.5 Å². The number of hydrogen-bond donors (Lipinski definition) is 1. The molecule has 3 amide bonds. The van der Waals surface area contributed by atoms with Gasteiger partial charge in [-0.3, -0.25) is 19.7 Å². The quantitative estimate of drug-likeness (QED) is 0.372. The number of methoxy groups -OCH3 is 2. The van der Waals surface area contributed by atoms with Crippen molar-refractivity contribution in [3.8, 4) is 5.75 Å². The molecule has 0 bridgehead atoms. The number of carbonyl (C=O) groups excluding carboxylic acids is 3. The number of ether oxygens (including phenoxy) is 3. The molecule has 0 radical (unpaired) electrons. The molecule has 1 aliphatic carbocycles. The van der Waals surface area contributed by atoms with E-state index >= 15 is 0 Å². The van der Waals surface area contributed by atoms with Gasteiger partial charge in [0.25, 0.3) is 5.91 Å². The highest BCUT2D eigenvalue weighted by molar-refractivity contribution is 6.05. The highest BCUT2D eigenvalue weighted by Gasteiger charge is 2.40. The minimum absolute atomic E-state index is 0.198. The summed E-state index contributed by atoms with van der Waals surface area (Å²) in [6, 6.07) is 4.79. The molecule has 2 aliphatic heterocycles.